The van der Waals surface area contributed by atoms with Crippen LogP contribution in [0.15, 0.2) is 29.2 Å². The fourth-order valence-electron chi connectivity index (χ4n) is 2.39. The quantitative estimate of drug-likeness (QED) is 0.735. The minimum atomic E-state index is -3.16. The molecule has 4 nitrogen and oxygen atoms in total. The van der Waals surface area contributed by atoms with Crippen LogP contribution in [0.4, 0.5) is 5.69 Å². The van der Waals surface area contributed by atoms with Crippen LogP contribution in [0.5, 0.6) is 0 Å². The molecule has 0 aliphatic rings. The van der Waals surface area contributed by atoms with E-state index in [0.717, 1.165) is 18.5 Å². The molecular formula is C16H27NO3S. The molecule has 5 heteroatoms. The van der Waals surface area contributed by atoms with Gasteiger partial charge < -0.3 is 10.4 Å². The third-order valence-corrected chi connectivity index (χ3v) is 5.73. The van der Waals surface area contributed by atoms with Crippen LogP contribution in [0.2, 0.25) is 0 Å². The number of sulfone groups is 1. The van der Waals surface area contributed by atoms with Crippen LogP contribution < -0.4 is 5.32 Å². The minimum absolute atomic E-state index is 0.174. The van der Waals surface area contributed by atoms with Crippen LogP contribution in [-0.4, -0.2) is 31.9 Å². The first kappa shape index (κ1) is 18.0. The van der Waals surface area contributed by atoms with Crippen molar-refractivity contribution in [2.45, 2.75) is 51.0 Å². The maximum atomic E-state index is 11.9. The molecule has 120 valence electrons. The van der Waals surface area contributed by atoms with Gasteiger partial charge in [-0.2, -0.15) is 0 Å². The predicted octanol–water partition coefficient (Wildman–Crippen LogP) is 3.08. The molecule has 0 radical (unpaired) electrons. The molecule has 0 spiro atoms. The minimum Gasteiger partial charge on any atom is -0.391 e. The third kappa shape index (κ3) is 5.32. The lowest BCUT2D eigenvalue weighted by Gasteiger charge is -2.20. The van der Waals surface area contributed by atoms with E-state index in [2.05, 4.69) is 19.2 Å². The summed E-state index contributed by atoms with van der Waals surface area (Å²) < 4.78 is 23.8. The predicted molar refractivity (Wildman–Crippen MR) is 87.4 cm³/mol. The topological polar surface area (TPSA) is 66.4 Å². The van der Waals surface area contributed by atoms with E-state index in [0.29, 0.717) is 23.8 Å². The second-order valence-corrected chi connectivity index (χ2v) is 7.48. The Labute approximate surface area is 128 Å². The van der Waals surface area contributed by atoms with E-state index in [4.69, 9.17) is 0 Å². The Morgan fingerprint density at radius 2 is 1.67 bits per heavy atom. The molecule has 0 saturated heterocycles. The highest BCUT2D eigenvalue weighted by atomic mass is 32.2. The Morgan fingerprint density at radius 3 is 2.14 bits per heavy atom. The molecular weight excluding hydrogens is 286 g/mol. The Kier molecular flexibility index (Phi) is 7.18. The van der Waals surface area contributed by atoms with Gasteiger partial charge >= 0.3 is 0 Å². The largest absolute Gasteiger partial charge is 0.391 e. The van der Waals surface area contributed by atoms with Crippen molar-refractivity contribution in [3.05, 3.63) is 24.3 Å². The molecule has 1 aromatic carbocycles. The standard InChI is InChI=1S/C16H27NO3S/c1-4-11-21(19,20)15-9-7-14(8-10-15)17-12-16(18)13(5-2)6-3/h7-10,13,16-18H,4-6,11-12H2,1-3H3. The normalized spacial score (nSPS) is 13.4. The number of aliphatic hydroxyl groups is 1. The smallest absolute Gasteiger partial charge is 0.178 e. The van der Waals surface area contributed by atoms with Gasteiger partial charge in [0.1, 0.15) is 0 Å². The number of benzene rings is 1. The second-order valence-electron chi connectivity index (χ2n) is 5.37. The fourth-order valence-corrected chi connectivity index (χ4v) is 3.71. The summed E-state index contributed by atoms with van der Waals surface area (Å²) in [5.41, 5.74) is 0.829. The van der Waals surface area contributed by atoms with Gasteiger partial charge in [0.15, 0.2) is 9.84 Å². The Morgan fingerprint density at radius 1 is 1.10 bits per heavy atom. The molecule has 21 heavy (non-hydrogen) atoms. The zero-order valence-electron chi connectivity index (χ0n) is 13.2. The first-order chi connectivity index (χ1) is 9.94. The zero-order valence-corrected chi connectivity index (χ0v) is 14.0. The van der Waals surface area contributed by atoms with Crippen molar-refractivity contribution in [3.8, 4) is 0 Å². The molecule has 1 rings (SSSR count). The van der Waals surface area contributed by atoms with Crippen molar-refractivity contribution in [2.75, 3.05) is 17.6 Å². The Hall–Kier alpha value is -1.07. The molecule has 0 aromatic heterocycles. The lowest BCUT2D eigenvalue weighted by Crippen LogP contribution is -2.27. The molecule has 0 heterocycles. The SMILES string of the molecule is CCCS(=O)(=O)c1ccc(NCC(O)C(CC)CC)cc1. The number of nitrogens with one attached hydrogen (secondary N) is 1. The van der Waals surface area contributed by atoms with Crippen LogP contribution in [0.3, 0.4) is 0 Å². The van der Waals surface area contributed by atoms with Crippen LogP contribution >= 0.6 is 0 Å². The van der Waals surface area contributed by atoms with E-state index in [1.54, 1.807) is 24.3 Å². The average molecular weight is 313 g/mol. The van der Waals surface area contributed by atoms with Crippen molar-refractivity contribution in [3.63, 3.8) is 0 Å². The Bertz CT molecular complexity index is 507. The lowest BCUT2D eigenvalue weighted by atomic mass is 9.96. The van der Waals surface area contributed by atoms with Crippen LogP contribution in [0.1, 0.15) is 40.0 Å². The summed E-state index contributed by atoms with van der Waals surface area (Å²) in [6.07, 6.45) is 2.13. The number of anilines is 1. The molecule has 1 atom stereocenters. The molecule has 0 bridgehead atoms. The molecule has 0 aliphatic carbocycles. The highest BCUT2D eigenvalue weighted by molar-refractivity contribution is 7.91. The van der Waals surface area contributed by atoms with Crippen molar-refractivity contribution in [2.24, 2.45) is 5.92 Å². The molecule has 2 N–H and O–H groups in total. The van der Waals surface area contributed by atoms with E-state index in [1.807, 2.05) is 6.92 Å². The summed E-state index contributed by atoms with van der Waals surface area (Å²) in [6.45, 7) is 6.48. The van der Waals surface area contributed by atoms with Gasteiger partial charge in [-0.3, -0.25) is 0 Å². The summed E-state index contributed by atoms with van der Waals surface area (Å²) in [6, 6.07) is 6.75. The maximum Gasteiger partial charge on any atom is 0.178 e. The van der Waals surface area contributed by atoms with Gasteiger partial charge in [0.2, 0.25) is 0 Å². The van der Waals surface area contributed by atoms with Crippen LogP contribution in [-0.2, 0) is 9.84 Å². The van der Waals surface area contributed by atoms with E-state index in [-0.39, 0.29) is 11.9 Å². The van der Waals surface area contributed by atoms with Crippen molar-refractivity contribution in [1.82, 2.24) is 0 Å². The number of hydrogen-bond acceptors (Lipinski definition) is 4. The summed E-state index contributed by atoms with van der Waals surface area (Å²) in [7, 11) is -3.16. The molecule has 1 unspecified atom stereocenters. The molecule has 1 aromatic rings. The molecule has 0 amide bonds. The maximum absolute atomic E-state index is 11.9. The first-order valence-corrected chi connectivity index (χ1v) is 9.34. The summed E-state index contributed by atoms with van der Waals surface area (Å²) >= 11 is 0. The highest BCUT2D eigenvalue weighted by Gasteiger charge is 2.15. The fraction of sp³-hybridized carbons (Fsp3) is 0.625. The third-order valence-electron chi connectivity index (χ3n) is 3.79. The summed E-state index contributed by atoms with van der Waals surface area (Å²) in [5, 5.41) is 13.2. The van der Waals surface area contributed by atoms with Gasteiger partial charge in [-0.15, -0.1) is 0 Å². The Balaban J connectivity index is 2.63. The second kappa shape index (κ2) is 8.39. The van der Waals surface area contributed by atoms with Crippen LogP contribution in [0, 0.1) is 5.92 Å². The molecule has 0 saturated carbocycles. The van der Waals surface area contributed by atoms with E-state index < -0.39 is 9.84 Å². The van der Waals surface area contributed by atoms with Gasteiger partial charge in [-0.25, -0.2) is 8.42 Å². The highest BCUT2D eigenvalue weighted by Crippen LogP contribution is 2.17. The van der Waals surface area contributed by atoms with E-state index >= 15 is 0 Å². The summed E-state index contributed by atoms with van der Waals surface area (Å²) in [5.74, 6) is 0.467. The van der Waals surface area contributed by atoms with Crippen molar-refractivity contribution in [1.29, 1.82) is 0 Å². The van der Waals surface area contributed by atoms with E-state index in [1.165, 1.54) is 0 Å². The molecule has 0 aliphatic heterocycles. The van der Waals surface area contributed by atoms with Gasteiger partial charge in [-0.1, -0.05) is 33.6 Å². The lowest BCUT2D eigenvalue weighted by molar-refractivity contribution is 0.114. The van der Waals surface area contributed by atoms with Gasteiger partial charge in [0.25, 0.3) is 0 Å². The van der Waals surface area contributed by atoms with Gasteiger partial charge in [-0.05, 0) is 36.6 Å². The average Bonchev–Trinajstić information content (AvgIpc) is 2.47. The number of hydrogen-bond donors (Lipinski definition) is 2. The van der Waals surface area contributed by atoms with Gasteiger partial charge in [0.05, 0.1) is 16.8 Å². The van der Waals surface area contributed by atoms with Crippen molar-refractivity contribution < 1.29 is 13.5 Å². The first-order valence-electron chi connectivity index (χ1n) is 7.69. The summed E-state index contributed by atoms with van der Waals surface area (Å²) in [4.78, 5) is 0.357. The van der Waals surface area contributed by atoms with Gasteiger partial charge in [0, 0.05) is 12.2 Å². The number of aliphatic hydroxyl groups excluding tert-OH is 1. The number of rotatable bonds is 9. The van der Waals surface area contributed by atoms with Crippen LogP contribution in [0.25, 0.3) is 0 Å². The molecule has 0 fully saturated rings. The van der Waals surface area contributed by atoms with E-state index in [9.17, 15) is 13.5 Å². The monoisotopic (exact) mass is 313 g/mol. The zero-order chi connectivity index (χ0) is 15.9. The van der Waals surface area contributed by atoms with Crippen molar-refractivity contribution >= 4 is 15.5 Å².